The van der Waals surface area contributed by atoms with Crippen molar-refractivity contribution in [1.29, 1.82) is 0 Å². The summed E-state index contributed by atoms with van der Waals surface area (Å²) in [6.45, 7) is 3.67. The zero-order valence-corrected chi connectivity index (χ0v) is 22.8. The van der Waals surface area contributed by atoms with Crippen LogP contribution in [0.5, 0.6) is 11.5 Å². The van der Waals surface area contributed by atoms with Crippen LogP contribution in [0.25, 0.3) is 0 Å². The molecule has 0 radical (unpaired) electrons. The largest absolute Gasteiger partial charge is 0.457 e. The molecule has 0 aromatic heterocycles. The van der Waals surface area contributed by atoms with Gasteiger partial charge in [0, 0.05) is 50.0 Å². The first-order valence-electron chi connectivity index (χ1n) is 13.5. The summed E-state index contributed by atoms with van der Waals surface area (Å²) < 4.78 is 7.40. The third-order valence-corrected chi connectivity index (χ3v) is 7.36. The van der Waals surface area contributed by atoms with Crippen molar-refractivity contribution in [1.82, 2.24) is 4.90 Å². The molecule has 2 heterocycles. The minimum absolute atomic E-state index is 0.0523. The number of nitrogens with zero attached hydrogens (tertiary/aromatic N) is 3. The van der Waals surface area contributed by atoms with Gasteiger partial charge in [-0.15, -0.1) is 0 Å². The van der Waals surface area contributed by atoms with E-state index in [4.69, 9.17) is 4.74 Å². The summed E-state index contributed by atoms with van der Waals surface area (Å²) in [7, 11) is 1.83. The van der Waals surface area contributed by atoms with E-state index < -0.39 is 0 Å². The predicted octanol–water partition coefficient (Wildman–Crippen LogP) is 4.95. The maximum atomic E-state index is 13.1. The number of nitrogens with one attached hydrogen (secondary N) is 2. The molecular weight excluding hydrogens is 506 g/mol. The normalized spacial score (nSPS) is 16.6. The monoisotopic (exact) mass is 540 g/mol. The van der Waals surface area contributed by atoms with Gasteiger partial charge in [0.05, 0.1) is 13.0 Å². The van der Waals surface area contributed by atoms with Crippen molar-refractivity contribution in [2.45, 2.75) is 32.2 Å². The summed E-state index contributed by atoms with van der Waals surface area (Å²) in [4.78, 5) is 41.5. The molecule has 3 aromatic carbocycles. The Kier molecular flexibility index (Phi) is 8.10. The molecular formula is C31H34N5O4+. The average Bonchev–Trinajstić information content (AvgIpc) is 3.65. The van der Waals surface area contributed by atoms with Gasteiger partial charge in [-0.05, 0) is 67.1 Å². The molecule has 0 saturated carbocycles. The van der Waals surface area contributed by atoms with Crippen LogP contribution in [0.3, 0.4) is 0 Å². The second-order valence-corrected chi connectivity index (χ2v) is 10.1. The van der Waals surface area contributed by atoms with E-state index in [1.807, 2.05) is 61.6 Å². The molecule has 0 spiro atoms. The van der Waals surface area contributed by atoms with Gasteiger partial charge < -0.3 is 25.2 Å². The zero-order valence-electron chi connectivity index (χ0n) is 22.8. The Morgan fingerprint density at radius 2 is 1.52 bits per heavy atom. The molecule has 9 heteroatoms. The molecule has 9 nitrogen and oxygen atoms in total. The van der Waals surface area contributed by atoms with E-state index in [0.717, 1.165) is 30.8 Å². The van der Waals surface area contributed by atoms with Crippen LogP contribution in [0.1, 0.15) is 26.2 Å². The molecule has 1 atom stereocenters. The van der Waals surface area contributed by atoms with Gasteiger partial charge in [0.1, 0.15) is 11.5 Å². The lowest BCUT2D eigenvalue weighted by molar-refractivity contribution is -0.438. The summed E-state index contributed by atoms with van der Waals surface area (Å²) >= 11 is 0. The maximum Gasteiger partial charge on any atom is 0.384 e. The first-order valence-corrected chi connectivity index (χ1v) is 13.5. The molecule has 4 amide bonds. The molecule has 1 fully saturated rings. The van der Waals surface area contributed by atoms with Crippen LogP contribution in [-0.4, -0.2) is 65.8 Å². The number of rotatable bonds is 7. The van der Waals surface area contributed by atoms with Crippen LogP contribution in [-0.2, 0) is 9.59 Å². The Hall–Kier alpha value is -4.66. The number of ether oxygens (including phenoxy) is 1. The topological polar surface area (TPSA) is 94.0 Å². The standard InChI is InChI=1S/C31H33N5O4/c1-22(37)36-19-6-9-29(36)30(38)34(2)26-18-20-35(21-26)25-14-10-23(11-15-25)32-31(39)33-24-12-16-28(17-13-24)40-27-7-4-3-5-8-27/h3-5,7-8,10-17,26H,6,9,18-21H2,1-2H3,(H-,32,33,39)/p+1. The molecule has 5 rings (SSSR count). The van der Waals surface area contributed by atoms with Gasteiger partial charge in [-0.3, -0.25) is 4.79 Å². The lowest BCUT2D eigenvalue weighted by Gasteiger charge is -2.25. The summed E-state index contributed by atoms with van der Waals surface area (Å²) in [5, 5.41) is 5.69. The first-order chi connectivity index (χ1) is 19.4. The Balaban J connectivity index is 1.12. The number of hydrogen-bond donors (Lipinski definition) is 2. The average molecular weight is 541 g/mol. The third kappa shape index (κ3) is 6.31. The van der Waals surface area contributed by atoms with Crippen molar-refractivity contribution in [3.8, 4) is 11.5 Å². The third-order valence-electron chi connectivity index (χ3n) is 7.36. The number of anilines is 3. The lowest BCUT2D eigenvalue weighted by Crippen LogP contribution is -2.44. The summed E-state index contributed by atoms with van der Waals surface area (Å²) in [6, 6.07) is 24.1. The van der Waals surface area contributed by atoms with E-state index in [0.29, 0.717) is 42.3 Å². The number of benzene rings is 3. The molecule has 2 aliphatic heterocycles. The molecule has 1 unspecified atom stereocenters. The molecule has 3 aromatic rings. The molecule has 0 bridgehead atoms. The number of urea groups is 1. The van der Waals surface area contributed by atoms with E-state index in [-0.39, 0.29) is 23.9 Å². The fraction of sp³-hybridized carbons (Fsp3) is 0.290. The second-order valence-electron chi connectivity index (χ2n) is 10.1. The molecule has 1 saturated heterocycles. The highest BCUT2D eigenvalue weighted by Gasteiger charge is 2.37. The Morgan fingerprint density at radius 3 is 2.17 bits per heavy atom. The number of amides is 4. The van der Waals surface area contributed by atoms with E-state index in [9.17, 15) is 14.4 Å². The summed E-state index contributed by atoms with van der Waals surface area (Å²) in [6.07, 6.45) is 2.34. The van der Waals surface area contributed by atoms with Gasteiger partial charge in [0.2, 0.25) is 5.71 Å². The van der Waals surface area contributed by atoms with Gasteiger partial charge in [-0.25, -0.2) is 9.59 Å². The van der Waals surface area contributed by atoms with Crippen LogP contribution >= 0.6 is 0 Å². The van der Waals surface area contributed by atoms with Crippen LogP contribution in [0.4, 0.5) is 21.9 Å². The minimum Gasteiger partial charge on any atom is -0.457 e. The van der Waals surface area contributed by atoms with Crippen molar-refractivity contribution in [2.75, 3.05) is 42.2 Å². The summed E-state index contributed by atoms with van der Waals surface area (Å²) in [5.41, 5.74) is 2.97. The van der Waals surface area contributed by atoms with Crippen LogP contribution in [0.15, 0.2) is 78.9 Å². The van der Waals surface area contributed by atoms with Gasteiger partial charge >= 0.3 is 17.8 Å². The van der Waals surface area contributed by atoms with Crippen molar-refractivity contribution in [3.63, 3.8) is 0 Å². The quantitative estimate of drug-likeness (QED) is 0.414. The van der Waals surface area contributed by atoms with E-state index in [2.05, 4.69) is 15.5 Å². The predicted molar refractivity (Wildman–Crippen MR) is 155 cm³/mol. The summed E-state index contributed by atoms with van der Waals surface area (Å²) in [5.74, 6) is 1.31. The second kappa shape index (κ2) is 12.0. The Bertz CT molecular complexity index is 1400. The molecule has 0 aliphatic carbocycles. The van der Waals surface area contributed by atoms with Gasteiger partial charge in [-0.2, -0.15) is 4.58 Å². The number of para-hydroxylation sites is 1. The smallest absolute Gasteiger partial charge is 0.384 e. The Morgan fingerprint density at radius 1 is 0.900 bits per heavy atom. The molecule has 40 heavy (non-hydrogen) atoms. The maximum absolute atomic E-state index is 13.1. The number of carbonyl (C=O) groups is 3. The highest BCUT2D eigenvalue weighted by molar-refractivity contribution is 6.37. The van der Waals surface area contributed by atoms with E-state index in [1.165, 1.54) is 6.92 Å². The first kappa shape index (κ1) is 26.9. The lowest BCUT2D eigenvalue weighted by atomic mass is 10.2. The van der Waals surface area contributed by atoms with Crippen LogP contribution < -0.4 is 20.3 Å². The number of likely N-dealkylation sites (N-methyl/N-ethyl adjacent to an activating group) is 1. The molecule has 2 aliphatic rings. The van der Waals surface area contributed by atoms with Crippen LogP contribution in [0.2, 0.25) is 0 Å². The van der Waals surface area contributed by atoms with Crippen molar-refractivity contribution in [3.05, 3.63) is 78.9 Å². The Labute approximate surface area is 234 Å². The molecule has 2 N–H and O–H groups in total. The van der Waals surface area contributed by atoms with Gasteiger partial charge in [0.15, 0.2) is 6.54 Å². The minimum atomic E-state index is -0.338. The fourth-order valence-corrected chi connectivity index (χ4v) is 5.19. The fourth-order valence-electron chi connectivity index (χ4n) is 5.19. The van der Waals surface area contributed by atoms with E-state index in [1.54, 1.807) is 33.7 Å². The highest BCUT2D eigenvalue weighted by Crippen LogP contribution is 2.26. The van der Waals surface area contributed by atoms with Crippen molar-refractivity contribution < 1.29 is 23.7 Å². The van der Waals surface area contributed by atoms with Crippen molar-refractivity contribution >= 4 is 40.6 Å². The number of carbonyl (C=O) groups excluding carboxylic acids is 3. The van der Waals surface area contributed by atoms with Gasteiger partial charge in [0.25, 0.3) is 0 Å². The van der Waals surface area contributed by atoms with Crippen molar-refractivity contribution in [2.24, 2.45) is 0 Å². The highest BCUT2D eigenvalue weighted by atomic mass is 16.5. The van der Waals surface area contributed by atoms with Crippen LogP contribution in [0, 0.1) is 0 Å². The number of hydrogen-bond acceptors (Lipinski definition) is 5. The van der Waals surface area contributed by atoms with Gasteiger partial charge in [-0.1, -0.05) is 18.2 Å². The van der Waals surface area contributed by atoms with E-state index >= 15 is 0 Å². The molecule has 206 valence electrons. The zero-order chi connectivity index (χ0) is 28.1. The SMILES string of the molecule is CC(=O)[N+]1=C(C(=O)N(C)C2CCN(c3ccc(NC(=O)Nc4ccc(Oc5ccccc5)cc4)cc3)C2)CCC1.